The van der Waals surface area contributed by atoms with Gasteiger partial charge in [-0.1, -0.05) is 24.3 Å². The lowest BCUT2D eigenvalue weighted by Crippen LogP contribution is -2.17. The average molecular weight is 503 g/mol. The van der Waals surface area contributed by atoms with Crippen LogP contribution >= 0.6 is 0 Å². The van der Waals surface area contributed by atoms with Gasteiger partial charge in [0, 0.05) is 11.9 Å². The summed E-state index contributed by atoms with van der Waals surface area (Å²) in [5.41, 5.74) is 1.30. The number of aromatic nitrogens is 2. The van der Waals surface area contributed by atoms with Crippen LogP contribution in [-0.2, 0) is 13.2 Å². The third kappa shape index (κ3) is 6.81. The minimum Gasteiger partial charge on any atom is -0.471 e. The van der Waals surface area contributed by atoms with Crippen molar-refractivity contribution in [3.05, 3.63) is 107 Å². The minimum atomic E-state index is -4.84. The number of hydrogen-bond acceptors (Lipinski definition) is 4. The van der Waals surface area contributed by atoms with Crippen LogP contribution in [-0.4, -0.2) is 22.1 Å². The highest BCUT2D eigenvalue weighted by molar-refractivity contribution is 6.05. The van der Waals surface area contributed by atoms with E-state index in [0.717, 1.165) is 12.1 Å². The molecule has 0 saturated carbocycles. The summed E-state index contributed by atoms with van der Waals surface area (Å²) in [4.78, 5) is 13.0. The van der Waals surface area contributed by atoms with Crippen LogP contribution in [0.5, 0.6) is 11.6 Å². The Morgan fingerprint density at radius 3 is 2.19 bits per heavy atom. The number of benzene rings is 3. The molecule has 4 aromatic rings. The van der Waals surface area contributed by atoms with Crippen molar-refractivity contribution in [2.45, 2.75) is 19.5 Å². The van der Waals surface area contributed by atoms with Gasteiger partial charge in [-0.3, -0.25) is 9.48 Å². The van der Waals surface area contributed by atoms with Gasteiger partial charge in [0.15, 0.2) is 0 Å². The molecule has 0 saturated heterocycles. The van der Waals surface area contributed by atoms with Crippen LogP contribution in [0.15, 0.2) is 79.0 Å². The normalized spacial score (nSPS) is 11.2. The summed E-state index contributed by atoms with van der Waals surface area (Å²) in [5.74, 6) is -2.05. The Morgan fingerprint density at radius 1 is 0.917 bits per heavy atom. The molecule has 0 fully saturated rings. The van der Waals surface area contributed by atoms with Crippen molar-refractivity contribution in [2.75, 3.05) is 5.32 Å². The van der Waals surface area contributed by atoms with Gasteiger partial charge in [-0.2, -0.15) is 0 Å². The van der Waals surface area contributed by atoms with E-state index in [-0.39, 0.29) is 30.3 Å². The molecule has 186 valence electrons. The highest BCUT2D eigenvalue weighted by Gasteiger charge is 2.31. The molecule has 0 aliphatic heterocycles. The Kier molecular flexibility index (Phi) is 7.18. The molecule has 3 aromatic carbocycles. The minimum absolute atomic E-state index is 0.0124. The second-order valence-corrected chi connectivity index (χ2v) is 7.62. The number of anilines is 1. The Labute approximate surface area is 201 Å². The monoisotopic (exact) mass is 503 g/mol. The number of nitrogens with one attached hydrogen (secondary N) is 1. The van der Waals surface area contributed by atoms with Gasteiger partial charge in [-0.05, 0) is 59.7 Å². The number of halogens is 5. The van der Waals surface area contributed by atoms with E-state index in [2.05, 4.69) is 15.2 Å². The summed E-state index contributed by atoms with van der Waals surface area (Å²) >= 11 is 0. The summed E-state index contributed by atoms with van der Waals surface area (Å²) in [6.45, 7) is 0.0450. The third-order valence-electron chi connectivity index (χ3n) is 4.82. The van der Waals surface area contributed by atoms with E-state index in [1.54, 1.807) is 12.1 Å². The van der Waals surface area contributed by atoms with E-state index in [9.17, 15) is 26.7 Å². The topological polar surface area (TPSA) is 65.4 Å². The predicted octanol–water partition coefficient (Wildman–Crippen LogP) is 5.94. The average Bonchev–Trinajstić information content (AvgIpc) is 3.21. The van der Waals surface area contributed by atoms with Gasteiger partial charge in [0.1, 0.15) is 29.6 Å². The van der Waals surface area contributed by atoms with Crippen LogP contribution < -0.4 is 14.8 Å². The predicted molar refractivity (Wildman–Crippen MR) is 120 cm³/mol. The summed E-state index contributed by atoms with van der Waals surface area (Å²) in [6.07, 6.45) is -3.45. The standard InChI is InChI=1S/C25H18F5N3O3/c26-18-5-1-3-16(11-18)13-33-14-22(24(32-33)35-15-17-4-2-6-19(27)12-17)23(34)31-20-7-9-21(10-8-20)36-25(28,29)30/h1-12,14H,13,15H2,(H,31,34). The van der Waals surface area contributed by atoms with Gasteiger partial charge < -0.3 is 14.8 Å². The number of hydrogen-bond donors (Lipinski definition) is 1. The number of alkyl halides is 3. The molecule has 0 aliphatic rings. The summed E-state index contributed by atoms with van der Waals surface area (Å²) in [5, 5.41) is 6.82. The van der Waals surface area contributed by atoms with E-state index < -0.39 is 29.7 Å². The summed E-state index contributed by atoms with van der Waals surface area (Å²) in [7, 11) is 0. The van der Waals surface area contributed by atoms with E-state index >= 15 is 0 Å². The molecular weight excluding hydrogens is 485 g/mol. The molecule has 11 heteroatoms. The third-order valence-corrected chi connectivity index (χ3v) is 4.82. The van der Waals surface area contributed by atoms with E-state index in [1.165, 1.54) is 59.4 Å². The maximum Gasteiger partial charge on any atom is 0.573 e. The molecule has 36 heavy (non-hydrogen) atoms. The Hall–Kier alpha value is -4.41. The van der Waals surface area contributed by atoms with Crippen molar-refractivity contribution in [1.82, 2.24) is 9.78 Å². The first-order valence-electron chi connectivity index (χ1n) is 10.5. The van der Waals surface area contributed by atoms with Crippen LogP contribution in [0.25, 0.3) is 0 Å². The van der Waals surface area contributed by atoms with Crippen LogP contribution in [0.3, 0.4) is 0 Å². The van der Waals surface area contributed by atoms with Crippen LogP contribution in [0.2, 0.25) is 0 Å². The van der Waals surface area contributed by atoms with Gasteiger partial charge in [0.2, 0.25) is 5.88 Å². The number of rotatable bonds is 8. The lowest BCUT2D eigenvalue weighted by Gasteiger charge is -2.10. The lowest BCUT2D eigenvalue weighted by molar-refractivity contribution is -0.274. The van der Waals surface area contributed by atoms with Crippen LogP contribution in [0.4, 0.5) is 27.6 Å². The largest absolute Gasteiger partial charge is 0.573 e. The fraction of sp³-hybridized carbons (Fsp3) is 0.120. The van der Waals surface area contributed by atoms with Gasteiger partial charge in [0.05, 0.1) is 6.54 Å². The number of ether oxygens (including phenoxy) is 2. The maximum absolute atomic E-state index is 13.6. The molecule has 1 N–H and O–H groups in total. The molecule has 0 spiro atoms. The summed E-state index contributed by atoms with van der Waals surface area (Å²) < 4.78 is 75.0. The van der Waals surface area contributed by atoms with Crippen molar-refractivity contribution in [2.24, 2.45) is 0 Å². The zero-order valence-corrected chi connectivity index (χ0v) is 18.4. The van der Waals surface area contributed by atoms with Crippen molar-refractivity contribution in [3.63, 3.8) is 0 Å². The van der Waals surface area contributed by atoms with Crippen molar-refractivity contribution < 1.29 is 36.2 Å². The van der Waals surface area contributed by atoms with Crippen molar-refractivity contribution in [1.29, 1.82) is 0 Å². The van der Waals surface area contributed by atoms with Crippen LogP contribution in [0, 0.1) is 11.6 Å². The smallest absolute Gasteiger partial charge is 0.471 e. The molecule has 4 rings (SSSR count). The number of carbonyl (C=O) groups excluding carboxylic acids is 1. The SMILES string of the molecule is O=C(Nc1ccc(OC(F)(F)F)cc1)c1cn(Cc2cccc(F)c2)nc1OCc1cccc(F)c1. The first-order valence-corrected chi connectivity index (χ1v) is 10.5. The molecule has 1 aromatic heterocycles. The zero-order valence-electron chi connectivity index (χ0n) is 18.4. The molecule has 6 nitrogen and oxygen atoms in total. The van der Waals surface area contributed by atoms with E-state index in [4.69, 9.17) is 4.74 Å². The summed E-state index contributed by atoms with van der Waals surface area (Å²) in [6, 6.07) is 16.1. The van der Waals surface area contributed by atoms with E-state index in [1.807, 2.05) is 0 Å². The molecule has 0 unspecified atom stereocenters. The highest BCUT2D eigenvalue weighted by Crippen LogP contribution is 2.25. The second-order valence-electron chi connectivity index (χ2n) is 7.62. The van der Waals surface area contributed by atoms with Gasteiger partial charge in [-0.25, -0.2) is 8.78 Å². The Balaban J connectivity index is 1.54. The number of amides is 1. The molecular formula is C25H18F5N3O3. The van der Waals surface area contributed by atoms with Gasteiger partial charge >= 0.3 is 6.36 Å². The molecule has 1 amide bonds. The molecule has 0 radical (unpaired) electrons. The quantitative estimate of drug-likeness (QED) is 0.303. The first kappa shape index (κ1) is 24.7. The molecule has 1 heterocycles. The fourth-order valence-corrected chi connectivity index (χ4v) is 3.29. The number of carbonyl (C=O) groups is 1. The fourth-order valence-electron chi connectivity index (χ4n) is 3.29. The number of nitrogens with zero attached hydrogens (tertiary/aromatic N) is 2. The van der Waals surface area contributed by atoms with Gasteiger partial charge in [0.25, 0.3) is 5.91 Å². The van der Waals surface area contributed by atoms with Gasteiger partial charge in [-0.15, -0.1) is 18.3 Å². The Morgan fingerprint density at radius 2 is 1.56 bits per heavy atom. The highest BCUT2D eigenvalue weighted by atomic mass is 19.4. The van der Waals surface area contributed by atoms with E-state index in [0.29, 0.717) is 11.1 Å². The first-order chi connectivity index (χ1) is 17.1. The maximum atomic E-state index is 13.6. The Bertz CT molecular complexity index is 1350. The van der Waals surface area contributed by atoms with Crippen molar-refractivity contribution >= 4 is 11.6 Å². The second kappa shape index (κ2) is 10.5. The van der Waals surface area contributed by atoms with Crippen LogP contribution in [0.1, 0.15) is 21.5 Å². The molecule has 0 bridgehead atoms. The molecule has 0 atom stereocenters. The lowest BCUT2D eigenvalue weighted by atomic mass is 10.2. The molecule has 0 aliphatic carbocycles. The zero-order chi connectivity index (χ0) is 25.7. The van der Waals surface area contributed by atoms with Crippen molar-refractivity contribution in [3.8, 4) is 11.6 Å².